The number of nitrogens with zero attached hydrogens (tertiary/aromatic N) is 1. The highest BCUT2D eigenvalue weighted by Gasteiger charge is 2.25. The van der Waals surface area contributed by atoms with Crippen LogP contribution in [0.5, 0.6) is 11.5 Å². The molecular formula is C14H21BrN2O3. The van der Waals surface area contributed by atoms with Crippen LogP contribution in [0.1, 0.15) is 11.6 Å². The van der Waals surface area contributed by atoms with E-state index >= 15 is 0 Å². The molecule has 20 heavy (non-hydrogen) atoms. The van der Waals surface area contributed by atoms with Crippen molar-refractivity contribution in [3.8, 4) is 11.5 Å². The lowest BCUT2D eigenvalue weighted by Crippen LogP contribution is -2.46. The Morgan fingerprint density at radius 3 is 2.45 bits per heavy atom. The van der Waals surface area contributed by atoms with Gasteiger partial charge in [-0.15, -0.1) is 0 Å². The van der Waals surface area contributed by atoms with Gasteiger partial charge in [-0.1, -0.05) is 0 Å². The molecule has 0 radical (unpaired) electrons. The summed E-state index contributed by atoms with van der Waals surface area (Å²) in [6, 6.07) is 3.75. The third-order valence-corrected chi connectivity index (χ3v) is 4.25. The lowest BCUT2D eigenvalue weighted by molar-refractivity contribution is 0.108. The number of aliphatic hydroxyl groups is 1. The van der Waals surface area contributed by atoms with Gasteiger partial charge in [0.15, 0.2) is 0 Å². The summed E-state index contributed by atoms with van der Waals surface area (Å²) in [5, 5.41) is 13.1. The van der Waals surface area contributed by atoms with Crippen LogP contribution in [0.4, 0.5) is 0 Å². The zero-order valence-corrected chi connectivity index (χ0v) is 13.4. The van der Waals surface area contributed by atoms with Crippen molar-refractivity contribution in [1.82, 2.24) is 10.2 Å². The second kappa shape index (κ2) is 7.26. The van der Waals surface area contributed by atoms with E-state index < -0.39 is 0 Å². The van der Waals surface area contributed by atoms with Gasteiger partial charge in [-0.25, -0.2) is 0 Å². The van der Waals surface area contributed by atoms with Crippen molar-refractivity contribution in [3.63, 3.8) is 0 Å². The average Bonchev–Trinajstić information content (AvgIpc) is 2.50. The fraction of sp³-hybridized carbons (Fsp3) is 0.571. The molecule has 1 saturated heterocycles. The molecule has 112 valence electrons. The molecule has 2 rings (SSSR count). The van der Waals surface area contributed by atoms with E-state index in [1.807, 2.05) is 12.1 Å². The Kier molecular flexibility index (Phi) is 5.65. The summed E-state index contributed by atoms with van der Waals surface area (Å²) in [5.41, 5.74) is 0.956. The van der Waals surface area contributed by atoms with Gasteiger partial charge in [0, 0.05) is 31.7 Å². The summed E-state index contributed by atoms with van der Waals surface area (Å²) in [5.74, 6) is 1.50. The second-order valence-electron chi connectivity index (χ2n) is 4.71. The van der Waals surface area contributed by atoms with Crippen molar-refractivity contribution in [2.45, 2.75) is 6.04 Å². The van der Waals surface area contributed by atoms with Crippen molar-refractivity contribution < 1.29 is 14.6 Å². The molecule has 0 aliphatic carbocycles. The molecule has 0 unspecified atom stereocenters. The first-order chi connectivity index (χ1) is 9.71. The van der Waals surface area contributed by atoms with Gasteiger partial charge in [-0.2, -0.15) is 0 Å². The molecule has 1 aliphatic heterocycles. The summed E-state index contributed by atoms with van der Waals surface area (Å²) < 4.78 is 11.7. The van der Waals surface area contributed by atoms with Crippen molar-refractivity contribution >= 4 is 15.9 Å². The van der Waals surface area contributed by atoms with E-state index in [1.165, 1.54) is 0 Å². The van der Waals surface area contributed by atoms with Gasteiger partial charge in [-0.05, 0) is 28.1 Å². The van der Waals surface area contributed by atoms with Crippen LogP contribution in [0.15, 0.2) is 16.6 Å². The Bertz CT molecular complexity index is 450. The number of hydrogen-bond donors (Lipinski definition) is 2. The first kappa shape index (κ1) is 15.6. The number of hydrogen-bond acceptors (Lipinski definition) is 5. The molecule has 6 heteroatoms. The first-order valence-electron chi connectivity index (χ1n) is 6.68. The van der Waals surface area contributed by atoms with Crippen molar-refractivity contribution in [1.29, 1.82) is 0 Å². The molecule has 0 spiro atoms. The highest BCUT2D eigenvalue weighted by molar-refractivity contribution is 9.10. The number of methoxy groups -OCH3 is 2. The summed E-state index contributed by atoms with van der Waals surface area (Å²) in [6.45, 7) is 3.75. The number of rotatable bonds is 5. The molecule has 1 heterocycles. The maximum atomic E-state index is 9.81. The van der Waals surface area contributed by atoms with E-state index in [2.05, 4.69) is 26.1 Å². The molecule has 5 nitrogen and oxygen atoms in total. The summed E-state index contributed by atoms with van der Waals surface area (Å²) >= 11 is 3.46. The lowest BCUT2D eigenvalue weighted by Gasteiger charge is -2.34. The van der Waals surface area contributed by atoms with Gasteiger partial charge in [0.1, 0.15) is 11.5 Å². The average molecular weight is 345 g/mol. The SMILES string of the molecule is COc1cc([C@H](CO)N2CCNCC2)c(OC)cc1Br. The van der Waals surface area contributed by atoms with E-state index in [0.717, 1.165) is 47.7 Å². The number of piperazine rings is 1. The molecule has 0 saturated carbocycles. The molecule has 1 aromatic rings. The van der Waals surface area contributed by atoms with E-state index in [4.69, 9.17) is 9.47 Å². The fourth-order valence-electron chi connectivity index (χ4n) is 2.55. The Hall–Kier alpha value is -0.820. The van der Waals surface area contributed by atoms with Crippen LogP contribution in [0, 0.1) is 0 Å². The highest BCUT2D eigenvalue weighted by atomic mass is 79.9. The summed E-state index contributed by atoms with van der Waals surface area (Å²) in [4.78, 5) is 2.27. The Labute approximate surface area is 128 Å². The summed E-state index contributed by atoms with van der Waals surface area (Å²) in [6.07, 6.45) is 0. The van der Waals surface area contributed by atoms with E-state index in [1.54, 1.807) is 14.2 Å². The zero-order chi connectivity index (χ0) is 14.5. The van der Waals surface area contributed by atoms with E-state index in [-0.39, 0.29) is 12.6 Å². The maximum absolute atomic E-state index is 9.81. The largest absolute Gasteiger partial charge is 0.496 e. The van der Waals surface area contributed by atoms with Gasteiger partial charge in [0.2, 0.25) is 0 Å². The van der Waals surface area contributed by atoms with Crippen molar-refractivity contribution in [2.75, 3.05) is 47.0 Å². The number of aliphatic hydroxyl groups excluding tert-OH is 1. The predicted molar refractivity (Wildman–Crippen MR) is 81.5 cm³/mol. The first-order valence-corrected chi connectivity index (χ1v) is 7.47. The second-order valence-corrected chi connectivity index (χ2v) is 5.57. The van der Waals surface area contributed by atoms with Gasteiger partial charge in [-0.3, -0.25) is 4.90 Å². The third-order valence-electron chi connectivity index (χ3n) is 3.63. The van der Waals surface area contributed by atoms with Crippen LogP contribution in [-0.2, 0) is 0 Å². The minimum absolute atomic E-state index is 0.0567. The summed E-state index contributed by atoms with van der Waals surface area (Å²) in [7, 11) is 3.28. The van der Waals surface area contributed by atoms with Gasteiger partial charge < -0.3 is 19.9 Å². The standard InChI is InChI=1S/C14H21BrN2O3/c1-19-13-8-11(15)14(20-2)7-10(13)12(9-18)17-5-3-16-4-6-17/h7-8,12,16,18H,3-6,9H2,1-2H3/t12-/m0/s1. The van der Waals surface area contributed by atoms with Crippen molar-refractivity contribution in [3.05, 3.63) is 22.2 Å². The monoisotopic (exact) mass is 344 g/mol. The Morgan fingerprint density at radius 1 is 1.25 bits per heavy atom. The van der Waals surface area contributed by atoms with E-state index in [9.17, 15) is 5.11 Å². The fourth-order valence-corrected chi connectivity index (χ4v) is 3.03. The normalized spacial score (nSPS) is 17.8. The number of ether oxygens (including phenoxy) is 2. The number of halogens is 1. The lowest BCUT2D eigenvalue weighted by atomic mass is 10.0. The topological polar surface area (TPSA) is 54.0 Å². The van der Waals surface area contributed by atoms with Crippen LogP contribution in [0.3, 0.4) is 0 Å². The minimum Gasteiger partial charge on any atom is -0.496 e. The van der Waals surface area contributed by atoms with Crippen LogP contribution < -0.4 is 14.8 Å². The molecule has 1 aromatic carbocycles. The molecule has 1 atom stereocenters. The van der Waals surface area contributed by atoms with Crippen LogP contribution in [0.2, 0.25) is 0 Å². The van der Waals surface area contributed by atoms with Crippen LogP contribution >= 0.6 is 15.9 Å². The van der Waals surface area contributed by atoms with Crippen LogP contribution in [0.25, 0.3) is 0 Å². The molecule has 0 bridgehead atoms. The predicted octanol–water partition coefficient (Wildman–Crippen LogP) is 1.40. The van der Waals surface area contributed by atoms with Crippen molar-refractivity contribution in [2.24, 2.45) is 0 Å². The molecule has 0 aromatic heterocycles. The molecule has 2 N–H and O–H groups in total. The smallest absolute Gasteiger partial charge is 0.133 e. The molecule has 0 amide bonds. The number of benzene rings is 1. The highest BCUT2D eigenvalue weighted by Crippen LogP contribution is 2.37. The van der Waals surface area contributed by atoms with Gasteiger partial charge in [0.25, 0.3) is 0 Å². The molecular weight excluding hydrogens is 324 g/mol. The minimum atomic E-state index is -0.0750. The Morgan fingerprint density at radius 2 is 1.90 bits per heavy atom. The number of nitrogens with one attached hydrogen (secondary N) is 1. The Balaban J connectivity index is 2.36. The van der Waals surface area contributed by atoms with Crippen LogP contribution in [-0.4, -0.2) is 57.0 Å². The molecule has 1 fully saturated rings. The maximum Gasteiger partial charge on any atom is 0.133 e. The molecule has 1 aliphatic rings. The zero-order valence-electron chi connectivity index (χ0n) is 11.9. The quantitative estimate of drug-likeness (QED) is 0.845. The van der Waals surface area contributed by atoms with E-state index in [0.29, 0.717) is 0 Å². The van der Waals surface area contributed by atoms with Gasteiger partial charge in [0.05, 0.1) is 31.3 Å². The third kappa shape index (κ3) is 3.25. The van der Waals surface area contributed by atoms with Gasteiger partial charge >= 0.3 is 0 Å².